The van der Waals surface area contributed by atoms with Crippen molar-refractivity contribution in [3.05, 3.63) is 10.8 Å². The Morgan fingerprint density at radius 2 is 2.23 bits per heavy atom. The maximum atomic E-state index is 5.13. The van der Waals surface area contributed by atoms with Crippen LogP contribution >= 0.6 is 12.2 Å². The van der Waals surface area contributed by atoms with Crippen molar-refractivity contribution in [3.63, 3.8) is 0 Å². The van der Waals surface area contributed by atoms with Gasteiger partial charge in [0.1, 0.15) is 4.64 Å². The Labute approximate surface area is 79.2 Å². The Bertz CT molecular complexity index is 477. The van der Waals surface area contributed by atoms with Crippen LogP contribution in [0.4, 0.5) is 0 Å². The normalized spacial score (nSPS) is 10.6. The highest BCUT2D eigenvalue weighted by molar-refractivity contribution is 7.71. The summed E-state index contributed by atoms with van der Waals surface area (Å²) in [4.78, 5) is 1.40. The van der Waals surface area contributed by atoms with Crippen LogP contribution in [0, 0.1) is 4.64 Å². The van der Waals surface area contributed by atoms with Crippen molar-refractivity contribution < 1.29 is 0 Å². The Hall–Kier alpha value is -1.50. The Balaban J connectivity index is 2.59. The van der Waals surface area contributed by atoms with Crippen molar-refractivity contribution in [1.29, 1.82) is 0 Å². The molecule has 0 bridgehead atoms. The van der Waals surface area contributed by atoms with E-state index in [0.29, 0.717) is 10.5 Å². The van der Waals surface area contributed by atoms with Gasteiger partial charge in [0.05, 0.1) is 12.6 Å². The van der Waals surface area contributed by atoms with Gasteiger partial charge in [-0.15, -0.1) is 10.2 Å². The van der Waals surface area contributed by atoms with Crippen LogP contribution in [0.15, 0.2) is 6.20 Å². The zero-order valence-corrected chi connectivity index (χ0v) is 8.04. The standard InChI is InChI=1S/C6H8N6S/c1-11-6(13)4(3-7-11)5-8-10-12(2)9-5/h3,7H,1-2H3. The largest absolute Gasteiger partial charge is 0.304 e. The van der Waals surface area contributed by atoms with Crippen LogP contribution in [-0.4, -0.2) is 30.0 Å². The molecule has 0 spiro atoms. The predicted octanol–water partition coefficient (Wildman–Crippen LogP) is 0.273. The molecule has 2 aromatic rings. The molecular weight excluding hydrogens is 188 g/mol. The number of hydrogen-bond acceptors (Lipinski definition) is 4. The van der Waals surface area contributed by atoms with Gasteiger partial charge in [-0.2, -0.15) is 4.80 Å². The lowest BCUT2D eigenvalue weighted by Crippen LogP contribution is -1.92. The molecule has 68 valence electrons. The van der Waals surface area contributed by atoms with E-state index in [0.717, 1.165) is 5.56 Å². The van der Waals surface area contributed by atoms with E-state index in [9.17, 15) is 0 Å². The van der Waals surface area contributed by atoms with Gasteiger partial charge in [-0.25, -0.2) is 0 Å². The van der Waals surface area contributed by atoms with E-state index in [1.165, 1.54) is 4.80 Å². The molecule has 0 fully saturated rings. The molecule has 2 aromatic heterocycles. The molecule has 0 saturated carbocycles. The number of hydrogen-bond donors (Lipinski definition) is 1. The zero-order valence-electron chi connectivity index (χ0n) is 7.22. The lowest BCUT2D eigenvalue weighted by molar-refractivity contribution is 0.630. The first-order valence-corrected chi connectivity index (χ1v) is 4.08. The van der Waals surface area contributed by atoms with E-state index in [-0.39, 0.29) is 0 Å². The minimum atomic E-state index is 0.546. The molecule has 0 amide bonds. The summed E-state index contributed by atoms with van der Waals surface area (Å²) in [5, 5.41) is 14.6. The molecule has 0 aliphatic rings. The lowest BCUT2D eigenvalue weighted by Gasteiger charge is -1.86. The fourth-order valence-corrected chi connectivity index (χ4v) is 1.22. The third kappa shape index (κ3) is 1.26. The maximum absolute atomic E-state index is 5.13. The molecule has 13 heavy (non-hydrogen) atoms. The molecule has 2 rings (SSSR count). The molecule has 0 saturated heterocycles. The molecule has 1 N–H and O–H groups in total. The molecule has 0 unspecified atom stereocenters. The molecule has 6 nitrogen and oxygen atoms in total. The Kier molecular flexibility index (Phi) is 1.73. The van der Waals surface area contributed by atoms with Gasteiger partial charge in [0.2, 0.25) is 5.82 Å². The first-order valence-electron chi connectivity index (χ1n) is 3.67. The summed E-state index contributed by atoms with van der Waals surface area (Å²) >= 11 is 5.13. The van der Waals surface area contributed by atoms with Crippen molar-refractivity contribution in [2.75, 3.05) is 0 Å². The number of nitrogens with one attached hydrogen (secondary N) is 1. The van der Waals surface area contributed by atoms with Crippen molar-refractivity contribution in [1.82, 2.24) is 30.0 Å². The third-order valence-electron chi connectivity index (χ3n) is 1.69. The average molecular weight is 196 g/mol. The molecule has 0 aliphatic carbocycles. The molecular formula is C6H8N6S. The van der Waals surface area contributed by atoms with E-state index in [1.807, 2.05) is 7.05 Å². The van der Waals surface area contributed by atoms with Gasteiger partial charge in [0, 0.05) is 13.2 Å². The highest BCUT2D eigenvalue weighted by atomic mass is 32.1. The Morgan fingerprint density at radius 1 is 1.46 bits per heavy atom. The van der Waals surface area contributed by atoms with E-state index < -0.39 is 0 Å². The number of rotatable bonds is 1. The van der Waals surface area contributed by atoms with E-state index >= 15 is 0 Å². The second-order valence-electron chi connectivity index (χ2n) is 2.65. The van der Waals surface area contributed by atoms with Crippen LogP contribution < -0.4 is 0 Å². The van der Waals surface area contributed by atoms with Crippen molar-refractivity contribution in [2.24, 2.45) is 14.1 Å². The molecule has 7 heteroatoms. The Morgan fingerprint density at radius 3 is 2.69 bits per heavy atom. The number of aromatic nitrogens is 6. The highest BCUT2D eigenvalue weighted by Crippen LogP contribution is 2.13. The van der Waals surface area contributed by atoms with Gasteiger partial charge in [-0.3, -0.25) is 4.68 Å². The number of aromatic amines is 1. The maximum Gasteiger partial charge on any atom is 0.209 e. The van der Waals surface area contributed by atoms with E-state index in [2.05, 4.69) is 20.5 Å². The van der Waals surface area contributed by atoms with Crippen LogP contribution in [-0.2, 0) is 14.1 Å². The van der Waals surface area contributed by atoms with Crippen molar-refractivity contribution in [3.8, 4) is 11.4 Å². The summed E-state index contributed by atoms with van der Waals surface area (Å²) in [6, 6.07) is 0. The zero-order chi connectivity index (χ0) is 9.42. The summed E-state index contributed by atoms with van der Waals surface area (Å²) in [6.45, 7) is 0. The minimum Gasteiger partial charge on any atom is -0.304 e. The average Bonchev–Trinajstić information content (AvgIpc) is 2.62. The molecule has 0 aliphatic heterocycles. The molecule has 0 atom stereocenters. The fourth-order valence-electron chi connectivity index (χ4n) is 1.01. The quantitative estimate of drug-likeness (QED) is 0.665. The molecule has 0 aromatic carbocycles. The summed E-state index contributed by atoms with van der Waals surface area (Å²) in [7, 11) is 3.55. The van der Waals surface area contributed by atoms with Crippen molar-refractivity contribution in [2.45, 2.75) is 0 Å². The first kappa shape index (κ1) is 8.11. The van der Waals surface area contributed by atoms with E-state index in [4.69, 9.17) is 12.2 Å². The van der Waals surface area contributed by atoms with Crippen LogP contribution in [0.25, 0.3) is 11.4 Å². The van der Waals surface area contributed by atoms with E-state index in [1.54, 1.807) is 17.9 Å². The van der Waals surface area contributed by atoms with Crippen LogP contribution in [0.5, 0.6) is 0 Å². The van der Waals surface area contributed by atoms with Gasteiger partial charge >= 0.3 is 0 Å². The van der Waals surface area contributed by atoms with Crippen LogP contribution in [0.3, 0.4) is 0 Å². The number of aryl methyl sites for hydroxylation is 2. The summed E-state index contributed by atoms with van der Waals surface area (Å²) in [5.41, 5.74) is 0.797. The third-order valence-corrected chi connectivity index (χ3v) is 2.18. The number of nitrogens with zero attached hydrogens (tertiary/aromatic N) is 5. The number of H-pyrrole nitrogens is 1. The fraction of sp³-hybridized carbons (Fsp3) is 0.333. The monoisotopic (exact) mass is 196 g/mol. The summed E-state index contributed by atoms with van der Waals surface area (Å²) in [6.07, 6.45) is 1.76. The van der Waals surface area contributed by atoms with Gasteiger partial charge in [-0.1, -0.05) is 12.2 Å². The molecule has 2 heterocycles. The highest BCUT2D eigenvalue weighted by Gasteiger charge is 2.08. The SMILES string of the molecule is Cn1nnc(-c2c[nH]n(C)c2=S)n1. The number of tetrazole rings is 1. The minimum absolute atomic E-state index is 0.546. The molecule has 0 radical (unpaired) electrons. The summed E-state index contributed by atoms with van der Waals surface area (Å²) in [5.74, 6) is 0.546. The van der Waals surface area contributed by atoms with Gasteiger partial charge in [0.25, 0.3) is 0 Å². The lowest BCUT2D eigenvalue weighted by atomic mass is 10.3. The first-order chi connectivity index (χ1) is 6.18. The predicted molar refractivity (Wildman–Crippen MR) is 48.4 cm³/mol. The van der Waals surface area contributed by atoms with Crippen molar-refractivity contribution >= 4 is 12.2 Å². The van der Waals surface area contributed by atoms with Crippen LogP contribution in [0.2, 0.25) is 0 Å². The smallest absolute Gasteiger partial charge is 0.209 e. The van der Waals surface area contributed by atoms with Gasteiger partial charge < -0.3 is 5.10 Å². The second kappa shape index (κ2) is 2.77. The second-order valence-corrected chi connectivity index (χ2v) is 3.04. The van der Waals surface area contributed by atoms with Crippen LogP contribution in [0.1, 0.15) is 0 Å². The topological polar surface area (TPSA) is 64.3 Å². The van der Waals surface area contributed by atoms with Gasteiger partial charge in [-0.05, 0) is 5.21 Å². The summed E-state index contributed by atoms with van der Waals surface area (Å²) < 4.78 is 2.40. The van der Waals surface area contributed by atoms with Gasteiger partial charge in [0.15, 0.2) is 0 Å².